The highest BCUT2D eigenvalue weighted by molar-refractivity contribution is 9.10. The number of carbonyl (C=O) groups is 1. The first-order valence-electron chi connectivity index (χ1n) is 8.79. The van der Waals surface area contributed by atoms with Crippen LogP contribution >= 0.6 is 15.9 Å². The number of aromatic nitrogens is 2. The Bertz CT molecular complexity index is 1130. The number of anilines is 2. The second kappa shape index (κ2) is 8.99. The van der Waals surface area contributed by atoms with E-state index < -0.39 is 10.7 Å². The number of halogens is 2. The van der Waals surface area contributed by atoms with E-state index in [9.17, 15) is 19.3 Å². The fourth-order valence-corrected chi connectivity index (χ4v) is 3.09. The summed E-state index contributed by atoms with van der Waals surface area (Å²) < 4.78 is 20.3. The summed E-state index contributed by atoms with van der Waals surface area (Å²) in [7, 11) is 0. The van der Waals surface area contributed by atoms with Crippen molar-refractivity contribution in [2.24, 2.45) is 0 Å². The van der Waals surface area contributed by atoms with E-state index in [0.717, 1.165) is 0 Å². The fourth-order valence-electron chi connectivity index (χ4n) is 2.75. The molecule has 0 radical (unpaired) electrons. The van der Waals surface area contributed by atoms with Crippen LogP contribution < -0.4 is 15.4 Å². The first-order chi connectivity index (χ1) is 14.2. The van der Waals surface area contributed by atoms with E-state index >= 15 is 0 Å². The van der Waals surface area contributed by atoms with E-state index in [-0.39, 0.29) is 41.5 Å². The lowest BCUT2D eigenvalue weighted by Gasteiger charge is -2.15. The molecule has 3 rings (SSSR count). The molecule has 2 N–H and O–H groups in total. The average Bonchev–Trinajstić information content (AvgIpc) is 2.67. The average molecular weight is 478 g/mol. The number of carbonyl (C=O) groups excluding carboxylic acids is 1. The highest BCUT2D eigenvalue weighted by Gasteiger charge is 2.20. The van der Waals surface area contributed by atoms with Gasteiger partial charge in [-0.05, 0) is 25.1 Å². The van der Waals surface area contributed by atoms with Gasteiger partial charge >= 0.3 is 5.69 Å². The van der Waals surface area contributed by atoms with E-state index in [1.165, 1.54) is 37.5 Å². The van der Waals surface area contributed by atoms with Gasteiger partial charge in [-0.15, -0.1) is 0 Å². The van der Waals surface area contributed by atoms with Crippen molar-refractivity contribution in [3.05, 3.63) is 57.1 Å². The SMILES string of the molecule is CC(=O)N[C@@H](C)COc1cc2ncnc(Nc3ccc(Br)cc3F)c2cc1[N+](=O)[O-]. The molecule has 1 aromatic heterocycles. The van der Waals surface area contributed by atoms with Crippen molar-refractivity contribution in [1.82, 2.24) is 15.3 Å². The molecule has 0 saturated carbocycles. The highest BCUT2D eigenvalue weighted by Crippen LogP contribution is 2.35. The Labute approximate surface area is 178 Å². The summed E-state index contributed by atoms with van der Waals surface area (Å²) in [5.41, 5.74) is 0.231. The minimum absolute atomic E-state index is 0.00387. The minimum Gasteiger partial charge on any atom is -0.485 e. The lowest BCUT2D eigenvalue weighted by molar-refractivity contribution is -0.385. The molecule has 1 atom stereocenters. The van der Waals surface area contributed by atoms with Crippen LogP contribution in [0.5, 0.6) is 5.75 Å². The van der Waals surface area contributed by atoms with Crippen LogP contribution in [0.2, 0.25) is 0 Å². The smallest absolute Gasteiger partial charge is 0.311 e. The predicted octanol–water partition coefficient (Wildman–Crippen LogP) is 4.09. The summed E-state index contributed by atoms with van der Waals surface area (Å²) in [5.74, 6) is -0.535. The maximum atomic E-state index is 14.2. The molecule has 0 saturated heterocycles. The molecule has 0 aliphatic rings. The van der Waals surface area contributed by atoms with Crippen LogP contribution in [0.3, 0.4) is 0 Å². The van der Waals surface area contributed by atoms with E-state index in [2.05, 4.69) is 36.5 Å². The number of ether oxygens (including phenoxy) is 1. The molecule has 2 aromatic carbocycles. The lowest BCUT2D eigenvalue weighted by Crippen LogP contribution is -2.35. The van der Waals surface area contributed by atoms with Gasteiger partial charge in [-0.25, -0.2) is 14.4 Å². The van der Waals surface area contributed by atoms with Crippen LogP contribution in [0, 0.1) is 15.9 Å². The second-order valence-corrected chi connectivity index (χ2v) is 7.39. The number of nitrogens with one attached hydrogen (secondary N) is 2. The van der Waals surface area contributed by atoms with Gasteiger partial charge in [0, 0.05) is 23.5 Å². The Kier molecular flexibility index (Phi) is 6.40. The predicted molar refractivity (Wildman–Crippen MR) is 112 cm³/mol. The topological polar surface area (TPSA) is 119 Å². The van der Waals surface area contributed by atoms with E-state index in [1.54, 1.807) is 13.0 Å². The van der Waals surface area contributed by atoms with Crippen LogP contribution in [-0.2, 0) is 4.79 Å². The van der Waals surface area contributed by atoms with Crippen molar-refractivity contribution >= 4 is 49.9 Å². The van der Waals surface area contributed by atoms with Gasteiger partial charge in [-0.2, -0.15) is 0 Å². The van der Waals surface area contributed by atoms with Crippen molar-refractivity contribution in [3.63, 3.8) is 0 Å². The number of nitro groups is 1. The van der Waals surface area contributed by atoms with Crippen molar-refractivity contribution in [2.45, 2.75) is 19.9 Å². The third kappa shape index (κ3) is 4.98. The molecule has 0 bridgehead atoms. The summed E-state index contributed by atoms with van der Waals surface area (Å²) in [4.78, 5) is 30.3. The first-order valence-corrected chi connectivity index (χ1v) is 9.59. The summed E-state index contributed by atoms with van der Waals surface area (Å²) in [5, 5.41) is 17.4. The molecular weight excluding hydrogens is 461 g/mol. The molecule has 3 aromatic rings. The van der Waals surface area contributed by atoms with Crippen LogP contribution in [0.25, 0.3) is 10.9 Å². The van der Waals surface area contributed by atoms with E-state index in [1.807, 2.05) is 0 Å². The first kappa shape index (κ1) is 21.4. The normalized spacial score (nSPS) is 11.7. The van der Waals surface area contributed by atoms with Gasteiger partial charge in [0.2, 0.25) is 5.91 Å². The maximum absolute atomic E-state index is 14.2. The largest absolute Gasteiger partial charge is 0.485 e. The van der Waals surface area contributed by atoms with Gasteiger partial charge < -0.3 is 15.4 Å². The molecule has 11 heteroatoms. The van der Waals surface area contributed by atoms with Gasteiger partial charge in [-0.1, -0.05) is 15.9 Å². The Balaban J connectivity index is 1.97. The van der Waals surface area contributed by atoms with Crippen LogP contribution in [-0.4, -0.2) is 33.4 Å². The third-order valence-corrected chi connectivity index (χ3v) is 4.53. The highest BCUT2D eigenvalue weighted by atomic mass is 79.9. The Hall–Kier alpha value is -3.34. The zero-order chi connectivity index (χ0) is 21.8. The van der Waals surface area contributed by atoms with Crippen LogP contribution in [0.1, 0.15) is 13.8 Å². The standard InChI is InChI=1S/C19H17BrFN5O4/c1-10(24-11(2)27)8-30-18-7-16-13(6-17(18)26(28)29)19(23-9-22-16)25-15-4-3-12(20)5-14(15)21/h3-7,9-10H,8H2,1-2H3,(H,24,27)(H,22,23,25)/t10-/m0/s1. The Morgan fingerprint density at radius 1 is 1.33 bits per heavy atom. The van der Waals surface area contributed by atoms with Crippen molar-refractivity contribution in [1.29, 1.82) is 0 Å². The second-order valence-electron chi connectivity index (χ2n) is 6.48. The quantitative estimate of drug-likeness (QED) is 0.388. The van der Waals surface area contributed by atoms with Gasteiger partial charge in [0.15, 0.2) is 5.75 Å². The van der Waals surface area contributed by atoms with Crippen LogP contribution in [0.15, 0.2) is 41.1 Å². The zero-order valence-corrected chi connectivity index (χ0v) is 17.6. The molecular formula is C19H17BrFN5O4. The van der Waals surface area contributed by atoms with Gasteiger partial charge in [0.05, 0.1) is 27.6 Å². The summed E-state index contributed by atoms with van der Waals surface area (Å²) in [6, 6.07) is 6.80. The van der Waals surface area contributed by atoms with Gasteiger partial charge in [0.1, 0.15) is 24.6 Å². The summed E-state index contributed by atoms with van der Waals surface area (Å²) in [6.45, 7) is 3.12. The third-order valence-electron chi connectivity index (χ3n) is 4.04. The zero-order valence-electron chi connectivity index (χ0n) is 16.0. The fraction of sp³-hybridized carbons (Fsp3) is 0.211. The van der Waals surface area contributed by atoms with Gasteiger partial charge in [-0.3, -0.25) is 14.9 Å². The lowest BCUT2D eigenvalue weighted by atomic mass is 10.2. The maximum Gasteiger partial charge on any atom is 0.311 e. The molecule has 156 valence electrons. The van der Waals surface area contributed by atoms with E-state index in [4.69, 9.17) is 4.74 Å². The molecule has 0 unspecified atom stereocenters. The van der Waals surface area contributed by atoms with Crippen molar-refractivity contribution in [3.8, 4) is 5.75 Å². The number of fused-ring (bicyclic) bond motifs is 1. The summed E-state index contributed by atoms with van der Waals surface area (Å²) in [6.07, 6.45) is 1.26. The number of benzene rings is 2. The molecule has 30 heavy (non-hydrogen) atoms. The minimum atomic E-state index is -0.588. The molecule has 0 fully saturated rings. The molecule has 0 spiro atoms. The summed E-state index contributed by atoms with van der Waals surface area (Å²) >= 11 is 3.19. The number of nitrogens with zero attached hydrogens (tertiary/aromatic N) is 3. The molecule has 0 aliphatic carbocycles. The van der Waals surface area contributed by atoms with Crippen LogP contribution in [0.4, 0.5) is 21.6 Å². The Morgan fingerprint density at radius 2 is 2.10 bits per heavy atom. The number of amides is 1. The number of hydrogen-bond donors (Lipinski definition) is 2. The van der Waals surface area contributed by atoms with Gasteiger partial charge in [0.25, 0.3) is 0 Å². The van der Waals surface area contributed by atoms with Crippen molar-refractivity contribution in [2.75, 3.05) is 11.9 Å². The molecule has 1 heterocycles. The Morgan fingerprint density at radius 3 is 2.77 bits per heavy atom. The number of nitro benzene ring substituents is 1. The monoisotopic (exact) mass is 477 g/mol. The van der Waals surface area contributed by atoms with E-state index in [0.29, 0.717) is 15.4 Å². The van der Waals surface area contributed by atoms with Crippen molar-refractivity contribution < 1.29 is 18.8 Å². The number of hydrogen-bond acceptors (Lipinski definition) is 7. The molecule has 0 aliphatic heterocycles. The molecule has 9 nitrogen and oxygen atoms in total. The molecule has 1 amide bonds. The number of rotatable bonds is 7.